The Morgan fingerprint density at radius 1 is 1.23 bits per heavy atom. The topological polar surface area (TPSA) is 50.5 Å². The van der Waals surface area contributed by atoms with Crippen LogP contribution in [0.25, 0.3) is 5.65 Å². The number of aryl methyl sites for hydroxylation is 2. The van der Waals surface area contributed by atoms with Crippen molar-refractivity contribution in [3.63, 3.8) is 0 Å². The van der Waals surface area contributed by atoms with Crippen LogP contribution in [0, 0.1) is 13.8 Å². The van der Waals surface area contributed by atoms with Crippen molar-refractivity contribution in [2.75, 3.05) is 7.05 Å². The van der Waals surface area contributed by atoms with Crippen LogP contribution < -0.4 is 5.56 Å². The maximum absolute atomic E-state index is 12.2. The van der Waals surface area contributed by atoms with Crippen LogP contribution in [0.5, 0.6) is 0 Å². The van der Waals surface area contributed by atoms with Crippen LogP contribution >= 0.6 is 11.3 Å². The predicted octanol–water partition coefficient (Wildman–Crippen LogP) is 2.40. The van der Waals surface area contributed by atoms with Crippen LogP contribution in [0.2, 0.25) is 0 Å². The highest BCUT2D eigenvalue weighted by Crippen LogP contribution is 2.12. The van der Waals surface area contributed by atoms with Gasteiger partial charge in [0, 0.05) is 29.9 Å². The van der Waals surface area contributed by atoms with Crippen LogP contribution in [0.15, 0.2) is 34.6 Å². The first-order valence-electron chi connectivity index (χ1n) is 7.10. The Balaban J connectivity index is 1.81. The largest absolute Gasteiger partial charge is 0.294 e. The molecule has 0 saturated carbocycles. The van der Waals surface area contributed by atoms with Gasteiger partial charge >= 0.3 is 0 Å². The molecular formula is C16H18N4OS. The number of fused-ring (bicyclic) bond motifs is 1. The molecule has 5 nitrogen and oxygen atoms in total. The average molecular weight is 314 g/mol. The lowest BCUT2D eigenvalue weighted by atomic mass is 10.3. The lowest BCUT2D eigenvalue weighted by molar-refractivity contribution is 0.314. The van der Waals surface area contributed by atoms with E-state index in [1.807, 2.05) is 44.6 Å². The standard InChI is InChI=1S/C16H18N4OS/c1-11-4-5-14-18-13(6-16(21)20(14)7-11)8-19(3)9-15-17-12(2)10-22-15/h4-7,10H,8-9H2,1-3H3. The molecule has 3 aromatic heterocycles. The summed E-state index contributed by atoms with van der Waals surface area (Å²) in [5, 5.41) is 3.12. The second-order valence-corrected chi connectivity index (χ2v) is 6.52. The summed E-state index contributed by atoms with van der Waals surface area (Å²) in [6.07, 6.45) is 1.82. The molecule has 114 valence electrons. The summed E-state index contributed by atoms with van der Waals surface area (Å²) in [7, 11) is 2.01. The fourth-order valence-electron chi connectivity index (χ4n) is 2.38. The van der Waals surface area contributed by atoms with Gasteiger partial charge in [0.2, 0.25) is 0 Å². The van der Waals surface area contributed by atoms with Gasteiger partial charge in [-0.15, -0.1) is 11.3 Å². The molecule has 0 saturated heterocycles. The Hall–Kier alpha value is -2.05. The number of hydrogen-bond acceptors (Lipinski definition) is 5. The summed E-state index contributed by atoms with van der Waals surface area (Å²) in [4.78, 5) is 23.3. The Labute approximate surface area is 132 Å². The van der Waals surface area contributed by atoms with Crippen molar-refractivity contribution in [1.29, 1.82) is 0 Å². The Morgan fingerprint density at radius 2 is 2.05 bits per heavy atom. The van der Waals surface area contributed by atoms with E-state index in [2.05, 4.69) is 14.9 Å². The minimum atomic E-state index is -0.0396. The van der Waals surface area contributed by atoms with Gasteiger partial charge in [-0.3, -0.25) is 14.1 Å². The summed E-state index contributed by atoms with van der Waals surface area (Å²) in [5.41, 5.74) is 3.52. The van der Waals surface area contributed by atoms with Crippen molar-refractivity contribution in [1.82, 2.24) is 19.3 Å². The molecule has 0 aliphatic heterocycles. The first-order valence-corrected chi connectivity index (χ1v) is 7.98. The predicted molar refractivity (Wildman–Crippen MR) is 88.2 cm³/mol. The van der Waals surface area contributed by atoms with Crippen molar-refractivity contribution in [3.05, 3.63) is 62.1 Å². The third-order valence-electron chi connectivity index (χ3n) is 3.36. The van der Waals surface area contributed by atoms with Crippen molar-refractivity contribution in [2.24, 2.45) is 0 Å². The van der Waals surface area contributed by atoms with Gasteiger partial charge < -0.3 is 0 Å². The van der Waals surface area contributed by atoms with Gasteiger partial charge in [0.05, 0.1) is 12.2 Å². The molecule has 0 aromatic carbocycles. The third kappa shape index (κ3) is 3.23. The van der Waals surface area contributed by atoms with Gasteiger partial charge in [-0.1, -0.05) is 6.07 Å². The highest BCUT2D eigenvalue weighted by molar-refractivity contribution is 7.09. The van der Waals surface area contributed by atoms with Gasteiger partial charge in [-0.25, -0.2) is 9.97 Å². The molecule has 22 heavy (non-hydrogen) atoms. The molecule has 0 spiro atoms. The smallest absolute Gasteiger partial charge is 0.258 e. The minimum Gasteiger partial charge on any atom is -0.294 e. The summed E-state index contributed by atoms with van der Waals surface area (Å²) in [5.74, 6) is 0. The SMILES string of the molecule is Cc1ccc2nc(CN(C)Cc3nc(C)cs3)cc(=O)n2c1. The lowest BCUT2D eigenvalue weighted by Gasteiger charge is -2.14. The van der Waals surface area contributed by atoms with Crippen LogP contribution in [0.3, 0.4) is 0 Å². The van der Waals surface area contributed by atoms with E-state index in [1.165, 1.54) is 0 Å². The van der Waals surface area contributed by atoms with Gasteiger partial charge in [0.25, 0.3) is 5.56 Å². The molecule has 3 heterocycles. The fourth-order valence-corrected chi connectivity index (χ4v) is 3.23. The van der Waals surface area contributed by atoms with E-state index in [9.17, 15) is 4.79 Å². The van der Waals surface area contributed by atoms with E-state index < -0.39 is 0 Å². The van der Waals surface area contributed by atoms with Crippen molar-refractivity contribution in [2.45, 2.75) is 26.9 Å². The van der Waals surface area contributed by atoms with Gasteiger partial charge in [0.15, 0.2) is 0 Å². The Bertz CT molecular complexity index is 868. The Kier molecular flexibility index (Phi) is 4.04. The number of pyridine rings is 1. The van der Waals surface area contributed by atoms with Crippen LogP contribution in [-0.2, 0) is 13.1 Å². The zero-order valence-corrected chi connectivity index (χ0v) is 13.7. The molecule has 3 rings (SSSR count). The van der Waals surface area contributed by atoms with E-state index in [4.69, 9.17) is 0 Å². The molecule has 0 unspecified atom stereocenters. The van der Waals surface area contributed by atoms with Crippen molar-refractivity contribution in [3.8, 4) is 0 Å². The normalized spacial score (nSPS) is 11.5. The quantitative estimate of drug-likeness (QED) is 0.742. The molecular weight excluding hydrogens is 296 g/mol. The molecule has 0 aliphatic carbocycles. The second kappa shape index (κ2) is 5.98. The van der Waals surface area contributed by atoms with Gasteiger partial charge in [-0.05, 0) is 32.5 Å². The maximum Gasteiger partial charge on any atom is 0.258 e. The zero-order valence-electron chi connectivity index (χ0n) is 12.9. The first-order chi connectivity index (χ1) is 10.5. The third-order valence-corrected chi connectivity index (χ3v) is 4.32. The summed E-state index contributed by atoms with van der Waals surface area (Å²) in [6, 6.07) is 5.45. The van der Waals surface area contributed by atoms with Gasteiger partial charge in [0.1, 0.15) is 10.7 Å². The average Bonchev–Trinajstić information content (AvgIpc) is 2.85. The monoisotopic (exact) mass is 314 g/mol. The number of rotatable bonds is 4. The molecule has 6 heteroatoms. The first kappa shape index (κ1) is 14.9. The highest BCUT2D eigenvalue weighted by Gasteiger charge is 2.08. The van der Waals surface area contributed by atoms with Gasteiger partial charge in [-0.2, -0.15) is 0 Å². The second-order valence-electron chi connectivity index (χ2n) is 5.58. The number of thiazole rings is 1. The van der Waals surface area contributed by atoms with E-state index in [0.29, 0.717) is 12.2 Å². The minimum absolute atomic E-state index is 0.0396. The maximum atomic E-state index is 12.2. The molecule has 0 radical (unpaired) electrons. The number of nitrogens with zero attached hydrogens (tertiary/aromatic N) is 4. The highest BCUT2D eigenvalue weighted by atomic mass is 32.1. The number of hydrogen-bond donors (Lipinski definition) is 0. The van der Waals surface area contributed by atoms with E-state index in [-0.39, 0.29) is 5.56 Å². The Morgan fingerprint density at radius 3 is 2.77 bits per heavy atom. The van der Waals surface area contributed by atoms with Crippen molar-refractivity contribution >= 4 is 17.0 Å². The molecule has 3 aromatic rings. The van der Waals surface area contributed by atoms with Crippen LogP contribution in [0.4, 0.5) is 0 Å². The zero-order chi connectivity index (χ0) is 15.7. The summed E-state index contributed by atoms with van der Waals surface area (Å²) < 4.78 is 1.59. The van der Waals surface area contributed by atoms with Crippen molar-refractivity contribution < 1.29 is 0 Å². The summed E-state index contributed by atoms with van der Waals surface area (Å²) >= 11 is 1.66. The fraction of sp³-hybridized carbons (Fsp3) is 0.312. The van der Waals surface area contributed by atoms with E-state index in [0.717, 1.165) is 28.5 Å². The molecule has 0 aliphatic rings. The lowest BCUT2D eigenvalue weighted by Crippen LogP contribution is -2.21. The number of aromatic nitrogens is 3. The molecule has 0 N–H and O–H groups in total. The van der Waals surface area contributed by atoms with Crippen LogP contribution in [0.1, 0.15) is 22.0 Å². The summed E-state index contributed by atoms with van der Waals surface area (Å²) in [6.45, 7) is 5.34. The molecule has 0 amide bonds. The molecule has 0 fully saturated rings. The van der Waals surface area contributed by atoms with E-state index in [1.54, 1.807) is 21.8 Å². The van der Waals surface area contributed by atoms with E-state index >= 15 is 0 Å². The van der Waals surface area contributed by atoms with Crippen LogP contribution in [-0.4, -0.2) is 26.3 Å². The molecule has 0 atom stereocenters. The molecule has 0 bridgehead atoms.